The average molecular weight is 289 g/mol. The van der Waals surface area contributed by atoms with Crippen molar-refractivity contribution in [3.05, 3.63) is 23.4 Å². The maximum Gasteiger partial charge on any atom is 0.405 e. The molecular formula is C14H22F3N3. The first-order valence-electron chi connectivity index (χ1n) is 6.47. The van der Waals surface area contributed by atoms with Gasteiger partial charge >= 0.3 is 6.18 Å². The van der Waals surface area contributed by atoms with E-state index in [0.29, 0.717) is 12.4 Å². The predicted octanol–water partition coefficient (Wildman–Crippen LogP) is 3.10. The minimum Gasteiger partial charge on any atom is -0.351 e. The molecule has 1 aromatic rings. The molecule has 0 aliphatic heterocycles. The van der Waals surface area contributed by atoms with Gasteiger partial charge in [0.2, 0.25) is 0 Å². The second-order valence-corrected chi connectivity index (χ2v) is 5.97. The van der Waals surface area contributed by atoms with Gasteiger partial charge in [-0.1, -0.05) is 20.8 Å². The van der Waals surface area contributed by atoms with Gasteiger partial charge in [-0.15, -0.1) is 0 Å². The lowest BCUT2D eigenvalue weighted by atomic mass is 9.90. The zero-order valence-corrected chi connectivity index (χ0v) is 12.6. The summed E-state index contributed by atoms with van der Waals surface area (Å²) in [6, 6.07) is 3.62. The second kappa shape index (κ2) is 5.99. The fourth-order valence-electron chi connectivity index (χ4n) is 1.81. The molecule has 0 aliphatic carbocycles. The van der Waals surface area contributed by atoms with Crippen LogP contribution in [0.5, 0.6) is 0 Å². The molecular weight excluding hydrogens is 267 g/mol. The Morgan fingerprint density at radius 3 is 2.25 bits per heavy atom. The molecule has 114 valence electrons. The van der Waals surface area contributed by atoms with Gasteiger partial charge in [0, 0.05) is 24.7 Å². The van der Waals surface area contributed by atoms with Gasteiger partial charge in [-0.25, -0.2) is 4.98 Å². The van der Waals surface area contributed by atoms with E-state index in [9.17, 15) is 13.2 Å². The third-order valence-electron chi connectivity index (χ3n) is 2.83. The molecule has 1 N–H and O–H groups in total. The number of halogens is 3. The number of nitrogens with one attached hydrogen (secondary N) is 1. The van der Waals surface area contributed by atoms with E-state index < -0.39 is 12.7 Å². The quantitative estimate of drug-likeness (QED) is 0.923. The molecule has 1 heterocycles. The summed E-state index contributed by atoms with van der Waals surface area (Å²) < 4.78 is 37.5. The molecule has 20 heavy (non-hydrogen) atoms. The van der Waals surface area contributed by atoms with Crippen LogP contribution < -0.4 is 10.2 Å². The van der Waals surface area contributed by atoms with Crippen molar-refractivity contribution < 1.29 is 13.2 Å². The summed E-state index contributed by atoms with van der Waals surface area (Å²) in [4.78, 5) is 5.50. The zero-order valence-electron chi connectivity index (χ0n) is 12.6. The van der Waals surface area contributed by atoms with Gasteiger partial charge < -0.3 is 10.2 Å². The highest BCUT2D eigenvalue weighted by molar-refractivity contribution is 5.43. The Hall–Kier alpha value is -1.30. The maximum absolute atomic E-state index is 12.5. The summed E-state index contributed by atoms with van der Waals surface area (Å²) in [5, 5.41) is 3.01. The van der Waals surface area contributed by atoms with Crippen LogP contribution in [0.1, 0.15) is 32.0 Å². The van der Waals surface area contributed by atoms with E-state index in [2.05, 4.69) is 10.3 Å². The summed E-state index contributed by atoms with van der Waals surface area (Å²) >= 11 is 0. The molecule has 0 bridgehead atoms. The van der Waals surface area contributed by atoms with Crippen molar-refractivity contribution in [1.29, 1.82) is 0 Å². The topological polar surface area (TPSA) is 28.2 Å². The van der Waals surface area contributed by atoms with Crippen LogP contribution in [-0.2, 0) is 12.0 Å². The third-order valence-corrected chi connectivity index (χ3v) is 2.83. The lowest BCUT2D eigenvalue weighted by molar-refractivity contribution is -0.119. The number of hydrogen-bond donors (Lipinski definition) is 1. The van der Waals surface area contributed by atoms with Gasteiger partial charge in [-0.05, 0) is 24.7 Å². The van der Waals surface area contributed by atoms with E-state index in [1.807, 2.05) is 26.8 Å². The lowest BCUT2D eigenvalue weighted by Gasteiger charge is -2.25. The molecule has 0 aromatic carbocycles. The smallest absolute Gasteiger partial charge is 0.351 e. The van der Waals surface area contributed by atoms with Crippen LogP contribution >= 0.6 is 0 Å². The van der Waals surface area contributed by atoms with E-state index in [1.165, 1.54) is 7.05 Å². The van der Waals surface area contributed by atoms with Crippen LogP contribution in [-0.4, -0.2) is 31.8 Å². The van der Waals surface area contributed by atoms with Crippen molar-refractivity contribution in [2.75, 3.05) is 25.5 Å². The number of hydrogen-bond acceptors (Lipinski definition) is 3. The Morgan fingerprint density at radius 2 is 1.80 bits per heavy atom. The van der Waals surface area contributed by atoms with E-state index in [0.717, 1.165) is 16.2 Å². The Bertz CT molecular complexity index is 450. The van der Waals surface area contributed by atoms with Gasteiger partial charge in [0.15, 0.2) is 0 Å². The molecule has 0 saturated carbocycles. The number of pyridine rings is 1. The summed E-state index contributed by atoms with van der Waals surface area (Å²) in [5.41, 5.74) is 1.50. The van der Waals surface area contributed by atoms with Crippen LogP contribution in [0.15, 0.2) is 12.1 Å². The highest BCUT2D eigenvalue weighted by Gasteiger charge is 2.30. The van der Waals surface area contributed by atoms with Crippen LogP contribution in [0, 0.1) is 0 Å². The maximum atomic E-state index is 12.5. The molecule has 1 aromatic heterocycles. The largest absolute Gasteiger partial charge is 0.405 e. The normalized spacial score (nSPS) is 12.6. The van der Waals surface area contributed by atoms with Crippen LogP contribution in [0.3, 0.4) is 0 Å². The molecule has 0 atom stereocenters. The Kier molecular flexibility index (Phi) is 5.02. The number of anilines is 1. The summed E-state index contributed by atoms with van der Waals surface area (Å²) in [7, 11) is 3.21. The predicted molar refractivity (Wildman–Crippen MR) is 75.0 cm³/mol. The van der Waals surface area contributed by atoms with Crippen molar-refractivity contribution in [3.63, 3.8) is 0 Å². The minimum atomic E-state index is -4.24. The van der Waals surface area contributed by atoms with Gasteiger partial charge in [-0.2, -0.15) is 13.2 Å². The van der Waals surface area contributed by atoms with E-state index in [1.54, 1.807) is 13.1 Å². The first-order chi connectivity index (χ1) is 9.03. The number of alkyl halides is 3. The lowest BCUT2D eigenvalue weighted by Crippen LogP contribution is -2.32. The molecule has 6 heteroatoms. The highest BCUT2D eigenvalue weighted by atomic mass is 19.4. The molecule has 0 amide bonds. The average Bonchev–Trinajstić information content (AvgIpc) is 2.25. The monoisotopic (exact) mass is 289 g/mol. The fraction of sp³-hybridized carbons (Fsp3) is 0.643. The number of nitrogens with zero attached hydrogens (tertiary/aromatic N) is 2. The Labute approximate surface area is 118 Å². The van der Waals surface area contributed by atoms with Gasteiger partial charge in [0.25, 0.3) is 0 Å². The van der Waals surface area contributed by atoms with Gasteiger partial charge in [-0.3, -0.25) is 0 Å². The van der Waals surface area contributed by atoms with E-state index >= 15 is 0 Å². The fourth-order valence-corrected chi connectivity index (χ4v) is 1.81. The highest BCUT2D eigenvalue weighted by Crippen LogP contribution is 2.26. The summed E-state index contributed by atoms with van der Waals surface area (Å²) in [5.74, 6) is 0.347. The number of rotatable bonds is 4. The summed E-state index contributed by atoms with van der Waals surface area (Å²) in [6.07, 6.45) is -4.24. The van der Waals surface area contributed by atoms with Crippen molar-refractivity contribution in [3.8, 4) is 0 Å². The Morgan fingerprint density at radius 1 is 1.20 bits per heavy atom. The van der Waals surface area contributed by atoms with Gasteiger partial charge in [0.1, 0.15) is 12.4 Å². The van der Waals surface area contributed by atoms with Crippen LogP contribution in [0.25, 0.3) is 0 Å². The van der Waals surface area contributed by atoms with E-state index in [-0.39, 0.29) is 5.41 Å². The van der Waals surface area contributed by atoms with Crippen LogP contribution in [0.2, 0.25) is 0 Å². The first-order valence-corrected chi connectivity index (χ1v) is 6.47. The third kappa shape index (κ3) is 5.00. The molecule has 1 rings (SSSR count). The van der Waals surface area contributed by atoms with E-state index in [4.69, 9.17) is 0 Å². The van der Waals surface area contributed by atoms with Gasteiger partial charge in [0.05, 0.1) is 0 Å². The Balaban J connectivity index is 3.15. The molecule has 0 saturated heterocycles. The van der Waals surface area contributed by atoms with Crippen LogP contribution in [0.4, 0.5) is 19.0 Å². The molecule has 0 fully saturated rings. The molecule has 0 aliphatic rings. The van der Waals surface area contributed by atoms with Crippen molar-refractivity contribution in [1.82, 2.24) is 10.3 Å². The first kappa shape index (κ1) is 16.8. The van der Waals surface area contributed by atoms with Crippen molar-refractivity contribution in [2.24, 2.45) is 0 Å². The second-order valence-electron chi connectivity index (χ2n) is 5.97. The number of aromatic nitrogens is 1. The zero-order chi connectivity index (χ0) is 15.6. The molecule has 3 nitrogen and oxygen atoms in total. The minimum absolute atomic E-state index is 0.211. The standard InChI is InChI=1S/C14H22F3N3/c1-13(2,3)11-6-10(8-18-4)7-12(19-11)20(5)9-14(15,16)17/h6-7,18H,8-9H2,1-5H3. The van der Waals surface area contributed by atoms with Crippen molar-refractivity contribution >= 4 is 5.82 Å². The SMILES string of the molecule is CNCc1cc(N(C)CC(F)(F)F)nc(C(C)(C)C)c1. The molecule has 0 radical (unpaired) electrons. The molecule has 0 unspecified atom stereocenters. The van der Waals surface area contributed by atoms with Crippen molar-refractivity contribution in [2.45, 2.75) is 38.9 Å². The molecule has 0 spiro atoms. The summed E-state index contributed by atoms with van der Waals surface area (Å²) in [6.45, 7) is 5.56.